The van der Waals surface area contributed by atoms with Gasteiger partial charge in [0.2, 0.25) is 0 Å². The van der Waals surface area contributed by atoms with Gasteiger partial charge in [-0.25, -0.2) is 0 Å². The van der Waals surface area contributed by atoms with Crippen LogP contribution < -0.4 is 5.73 Å². The molecule has 1 rings (SSSR count). The molecule has 1 aromatic rings. The Hall–Kier alpha value is -1.63. The van der Waals surface area contributed by atoms with Crippen molar-refractivity contribution in [1.29, 1.82) is 0 Å². The maximum atomic E-state index is 12.6. The predicted molar refractivity (Wildman–Crippen MR) is 60.2 cm³/mol. The van der Waals surface area contributed by atoms with Crippen LogP contribution in [0.3, 0.4) is 0 Å². The van der Waals surface area contributed by atoms with E-state index in [0.29, 0.717) is 5.56 Å². The second kappa shape index (κ2) is 4.56. The molecule has 0 fully saturated rings. The van der Waals surface area contributed by atoms with Gasteiger partial charge < -0.3 is 5.73 Å². The van der Waals surface area contributed by atoms with Gasteiger partial charge in [-0.1, -0.05) is 26.0 Å². The summed E-state index contributed by atoms with van der Waals surface area (Å²) in [6.07, 6.45) is -4.52. The SMILES string of the molecule is CC(C)(c1ccc([N+](=O)[O-])cc1)C(N)C(F)(F)F. The van der Waals surface area contributed by atoms with E-state index in [-0.39, 0.29) is 5.69 Å². The molecule has 100 valence electrons. The van der Waals surface area contributed by atoms with Crippen molar-refractivity contribution >= 4 is 5.69 Å². The topological polar surface area (TPSA) is 69.2 Å². The molecule has 4 nitrogen and oxygen atoms in total. The number of benzene rings is 1. The summed E-state index contributed by atoms with van der Waals surface area (Å²) >= 11 is 0. The van der Waals surface area contributed by atoms with Crippen LogP contribution in [0.25, 0.3) is 0 Å². The van der Waals surface area contributed by atoms with Gasteiger partial charge in [0.05, 0.1) is 4.92 Å². The van der Waals surface area contributed by atoms with Crippen molar-refractivity contribution < 1.29 is 18.1 Å². The van der Waals surface area contributed by atoms with Gasteiger partial charge in [-0.05, 0) is 5.56 Å². The predicted octanol–water partition coefficient (Wildman–Crippen LogP) is 2.76. The van der Waals surface area contributed by atoms with Gasteiger partial charge in [-0.3, -0.25) is 10.1 Å². The molecule has 1 aromatic carbocycles. The Morgan fingerprint density at radius 1 is 1.22 bits per heavy atom. The molecule has 7 heteroatoms. The van der Waals surface area contributed by atoms with Crippen molar-refractivity contribution in [2.75, 3.05) is 0 Å². The number of alkyl halides is 3. The van der Waals surface area contributed by atoms with Crippen molar-refractivity contribution in [3.63, 3.8) is 0 Å². The fourth-order valence-electron chi connectivity index (χ4n) is 1.60. The second-order valence-electron chi connectivity index (χ2n) is 4.54. The van der Waals surface area contributed by atoms with Crippen LogP contribution in [0, 0.1) is 10.1 Å². The average molecular weight is 262 g/mol. The zero-order valence-corrected chi connectivity index (χ0v) is 9.86. The number of halogens is 3. The lowest BCUT2D eigenvalue weighted by Crippen LogP contribution is -2.51. The Morgan fingerprint density at radius 3 is 2.00 bits per heavy atom. The number of hydrogen-bond donors (Lipinski definition) is 1. The van der Waals surface area contributed by atoms with Crippen molar-refractivity contribution in [2.24, 2.45) is 5.73 Å². The summed E-state index contributed by atoms with van der Waals surface area (Å²) in [6, 6.07) is 2.89. The first-order valence-electron chi connectivity index (χ1n) is 5.14. The van der Waals surface area contributed by atoms with Gasteiger partial charge in [0, 0.05) is 17.5 Å². The third-order valence-electron chi connectivity index (χ3n) is 2.95. The zero-order chi connectivity index (χ0) is 14.1. The Balaban J connectivity index is 3.09. The molecule has 0 aliphatic heterocycles. The Bertz CT molecular complexity index is 441. The first kappa shape index (κ1) is 14.4. The number of nitrogens with two attached hydrogens (primary N) is 1. The molecular weight excluding hydrogens is 249 g/mol. The van der Waals surface area contributed by atoms with Crippen molar-refractivity contribution in [1.82, 2.24) is 0 Å². The minimum absolute atomic E-state index is 0.171. The van der Waals surface area contributed by atoms with Gasteiger partial charge in [0.15, 0.2) is 0 Å². The Labute approximate surface area is 102 Å². The van der Waals surface area contributed by atoms with Gasteiger partial charge in [-0.2, -0.15) is 13.2 Å². The minimum Gasteiger partial charge on any atom is -0.319 e. The second-order valence-corrected chi connectivity index (χ2v) is 4.54. The molecule has 0 saturated heterocycles. The first-order chi connectivity index (χ1) is 8.06. The smallest absolute Gasteiger partial charge is 0.319 e. The van der Waals surface area contributed by atoms with Gasteiger partial charge in [0.1, 0.15) is 6.04 Å². The highest BCUT2D eigenvalue weighted by atomic mass is 19.4. The molecule has 2 N–H and O–H groups in total. The van der Waals surface area contributed by atoms with Crippen LogP contribution in [0.2, 0.25) is 0 Å². The summed E-state index contributed by atoms with van der Waals surface area (Å²) in [5.41, 5.74) is 3.98. The number of non-ortho nitro benzene ring substituents is 1. The fraction of sp³-hybridized carbons (Fsp3) is 0.455. The van der Waals surface area contributed by atoms with Crippen LogP contribution in [0.5, 0.6) is 0 Å². The lowest BCUT2D eigenvalue weighted by Gasteiger charge is -2.33. The third-order valence-corrected chi connectivity index (χ3v) is 2.95. The summed E-state index contributed by atoms with van der Waals surface area (Å²) < 4.78 is 37.8. The van der Waals surface area contributed by atoms with E-state index in [0.717, 1.165) is 0 Å². The Kier molecular flexibility index (Phi) is 3.66. The summed E-state index contributed by atoms with van der Waals surface area (Å²) in [5.74, 6) is 0. The van der Waals surface area contributed by atoms with Gasteiger partial charge >= 0.3 is 6.18 Å². The monoisotopic (exact) mass is 262 g/mol. The number of nitro benzene ring substituents is 1. The Morgan fingerprint density at radius 2 is 1.67 bits per heavy atom. The molecule has 0 spiro atoms. The standard InChI is InChI=1S/C11H13F3N2O2/c1-10(2,9(15)11(12,13)14)7-3-5-8(6-4-7)16(17)18/h3-6,9H,15H2,1-2H3. The number of nitro groups is 1. The summed E-state index contributed by atoms with van der Waals surface area (Å²) in [7, 11) is 0. The van der Waals surface area contributed by atoms with E-state index in [2.05, 4.69) is 0 Å². The van der Waals surface area contributed by atoms with E-state index >= 15 is 0 Å². The molecule has 0 aliphatic rings. The van der Waals surface area contributed by atoms with Crippen molar-refractivity contribution in [3.05, 3.63) is 39.9 Å². The molecule has 0 radical (unpaired) electrons. The summed E-state index contributed by atoms with van der Waals surface area (Å²) in [5, 5.41) is 10.5. The largest absolute Gasteiger partial charge is 0.404 e. The highest BCUT2D eigenvalue weighted by Gasteiger charge is 2.47. The van der Waals surface area contributed by atoms with Gasteiger partial charge in [-0.15, -0.1) is 0 Å². The van der Waals surface area contributed by atoms with E-state index in [1.165, 1.54) is 38.1 Å². The first-order valence-corrected chi connectivity index (χ1v) is 5.14. The lowest BCUT2D eigenvalue weighted by atomic mass is 9.78. The van der Waals surface area contributed by atoms with E-state index in [9.17, 15) is 23.3 Å². The fourth-order valence-corrected chi connectivity index (χ4v) is 1.60. The number of rotatable bonds is 3. The zero-order valence-electron chi connectivity index (χ0n) is 9.86. The maximum Gasteiger partial charge on any atom is 0.404 e. The average Bonchev–Trinajstić information content (AvgIpc) is 2.27. The minimum atomic E-state index is -4.52. The van der Waals surface area contributed by atoms with Crippen LogP contribution >= 0.6 is 0 Å². The highest BCUT2D eigenvalue weighted by molar-refractivity contribution is 5.37. The molecule has 1 atom stereocenters. The maximum absolute atomic E-state index is 12.6. The van der Waals surface area contributed by atoms with E-state index in [1.807, 2.05) is 0 Å². The summed E-state index contributed by atoms with van der Waals surface area (Å²) in [6.45, 7) is 2.71. The lowest BCUT2D eigenvalue weighted by molar-refractivity contribution is -0.384. The van der Waals surface area contributed by atoms with Crippen LogP contribution in [0.1, 0.15) is 19.4 Å². The van der Waals surface area contributed by atoms with Crippen LogP contribution in [0.4, 0.5) is 18.9 Å². The quantitative estimate of drug-likeness (QED) is 0.672. The van der Waals surface area contributed by atoms with E-state index in [1.54, 1.807) is 0 Å². The van der Waals surface area contributed by atoms with Crippen molar-refractivity contribution in [3.8, 4) is 0 Å². The van der Waals surface area contributed by atoms with Crippen LogP contribution in [0.15, 0.2) is 24.3 Å². The van der Waals surface area contributed by atoms with Crippen LogP contribution in [-0.2, 0) is 5.41 Å². The molecule has 0 bridgehead atoms. The third kappa shape index (κ3) is 2.79. The molecule has 0 saturated carbocycles. The van der Waals surface area contributed by atoms with Crippen molar-refractivity contribution in [2.45, 2.75) is 31.5 Å². The number of hydrogen-bond acceptors (Lipinski definition) is 3. The molecule has 1 unspecified atom stereocenters. The highest BCUT2D eigenvalue weighted by Crippen LogP contribution is 2.35. The van der Waals surface area contributed by atoms with Gasteiger partial charge in [0.25, 0.3) is 5.69 Å². The van der Waals surface area contributed by atoms with E-state index in [4.69, 9.17) is 5.73 Å². The molecule has 0 amide bonds. The van der Waals surface area contributed by atoms with Crippen LogP contribution in [-0.4, -0.2) is 17.1 Å². The van der Waals surface area contributed by atoms with E-state index < -0.39 is 22.6 Å². The molecule has 0 heterocycles. The molecule has 0 aromatic heterocycles. The number of nitrogens with zero attached hydrogens (tertiary/aromatic N) is 1. The molecule has 0 aliphatic carbocycles. The normalized spacial score (nSPS) is 14.3. The summed E-state index contributed by atoms with van der Waals surface area (Å²) in [4.78, 5) is 9.85. The molecular formula is C11H13F3N2O2. The molecule has 18 heavy (non-hydrogen) atoms.